The van der Waals surface area contributed by atoms with Gasteiger partial charge in [0, 0.05) is 18.1 Å². The van der Waals surface area contributed by atoms with Gasteiger partial charge in [0.15, 0.2) is 0 Å². The van der Waals surface area contributed by atoms with Crippen molar-refractivity contribution in [1.82, 2.24) is 9.62 Å². The summed E-state index contributed by atoms with van der Waals surface area (Å²) in [7, 11) is -3.36. The lowest BCUT2D eigenvalue weighted by Gasteiger charge is -2.23. The quantitative estimate of drug-likeness (QED) is 0.897. The van der Waals surface area contributed by atoms with E-state index in [2.05, 4.69) is 5.32 Å². The molecule has 1 aromatic carbocycles. The largest absolute Gasteiger partial charge is 0.351 e. The number of hydrogen-bond acceptors (Lipinski definition) is 3. The summed E-state index contributed by atoms with van der Waals surface area (Å²) in [6, 6.07) is 9.21. The number of rotatable bonds is 5. The molecule has 1 aromatic rings. The number of carbonyl (C=O) groups is 1. The van der Waals surface area contributed by atoms with Crippen molar-refractivity contribution in [3.8, 4) is 0 Å². The molecule has 0 bridgehead atoms. The third-order valence-corrected chi connectivity index (χ3v) is 4.82. The molecule has 2 rings (SSSR count). The lowest BCUT2D eigenvalue weighted by molar-refractivity contribution is -0.124. The second kappa shape index (κ2) is 6.01. The third-order valence-electron chi connectivity index (χ3n) is 3.57. The number of benzene rings is 1. The highest BCUT2D eigenvalue weighted by atomic mass is 32.2. The van der Waals surface area contributed by atoms with Gasteiger partial charge in [0.25, 0.3) is 0 Å². The molecule has 22 heavy (non-hydrogen) atoms. The molecule has 0 spiro atoms. The van der Waals surface area contributed by atoms with Crippen LogP contribution in [0.25, 0.3) is 0 Å². The minimum atomic E-state index is -3.36. The molecule has 2 atom stereocenters. The summed E-state index contributed by atoms with van der Waals surface area (Å²) in [5, 5.41) is 2.92. The zero-order valence-corrected chi connectivity index (χ0v) is 14.4. The minimum Gasteiger partial charge on any atom is -0.351 e. The van der Waals surface area contributed by atoms with Crippen molar-refractivity contribution < 1.29 is 13.2 Å². The number of carbonyl (C=O) groups excluding carboxylic acids is 1. The standard InChI is InChI=1S/C16H24N2O3S/c1-16(2,3)17-15(19)13-10-14(13)18(22(4,20)21)11-12-8-6-5-7-9-12/h5-9,13-14H,10-11H2,1-4H3,(H,17,19)/t13-,14-/m1/s1. The average Bonchev–Trinajstić information content (AvgIpc) is 3.13. The lowest BCUT2D eigenvalue weighted by atomic mass is 10.1. The minimum absolute atomic E-state index is 0.0702. The van der Waals surface area contributed by atoms with Crippen molar-refractivity contribution in [1.29, 1.82) is 0 Å². The molecule has 1 N–H and O–H groups in total. The molecule has 122 valence electrons. The number of nitrogens with zero attached hydrogens (tertiary/aromatic N) is 1. The van der Waals surface area contributed by atoms with E-state index in [0.717, 1.165) is 5.56 Å². The topological polar surface area (TPSA) is 66.5 Å². The van der Waals surface area contributed by atoms with Crippen molar-refractivity contribution in [3.05, 3.63) is 35.9 Å². The maximum absolute atomic E-state index is 12.2. The van der Waals surface area contributed by atoms with Gasteiger partial charge in [0.2, 0.25) is 15.9 Å². The molecule has 0 radical (unpaired) electrons. The van der Waals surface area contributed by atoms with Crippen LogP contribution in [0, 0.1) is 5.92 Å². The first kappa shape index (κ1) is 17.0. The maximum atomic E-state index is 12.2. The molecule has 6 heteroatoms. The third kappa shape index (κ3) is 4.55. The molecule has 0 aromatic heterocycles. The fourth-order valence-corrected chi connectivity index (χ4v) is 3.60. The fraction of sp³-hybridized carbons (Fsp3) is 0.562. The van der Waals surface area contributed by atoms with E-state index >= 15 is 0 Å². The van der Waals surface area contributed by atoms with E-state index in [1.54, 1.807) is 0 Å². The summed E-state index contributed by atoms with van der Waals surface area (Å²) in [4.78, 5) is 12.2. The molecule has 1 aliphatic carbocycles. The summed E-state index contributed by atoms with van der Waals surface area (Å²) in [6.07, 6.45) is 1.79. The van der Waals surface area contributed by atoms with Crippen LogP contribution in [0.2, 0.25) is 0 Å². The van der Waals surface area contributed by atoms with E-state index < -0.39 is 10.0 Å². The molecular formula is C16H24N2O3S. The van der Waals surface area contributed by atoms with Crippen molar-refractivity contribution in [3.63, 3.8) is 0 Å². The SMILES string of the molecule is CC(C)(C)NC(=O)[C@@H]1C[C@H]1N(Cc1ccccc1)S(C)(=O)=O. The summed E-state index contributed by atoms with van der Waals surface area (Å²) in [5.74, 6) is -0.322. The van der Waals surface area contributed by atoms with E-state index in [0.29, 0.717) is 13.0 Å². The molecule has 1 fully saturated rings. The van der Waals surface area contributed by atoms with Gasteiger partial charge < -0.3 is 5.32 Å². The summed E-state index contributed by atoms with van der Waals surface area (Å²) in [5.41, 5.74) is 0.620. The Labute approximate surface area is 132 Å². The van der Waals surface area contributed by atoms with Crippen LogP contribution >= 0.6 is 0 Å². The highest BCUT2D eigenvalue weighted by molar-refractivity contribution is 7.88. The van der Waals surface area contributed by atoms with Gasteiger partial charge in [-0.2, -0.15) is 4.31 Å². The first-order valence-electron chi connectivity index (χ1n) is 7.41. The summed E-state index contributed by atoms with van der Waals surface area (Å²) < 4.78 is 25.6. The second-order valence-electron chi connectivity index (χ2n) is 6.94. The normalized spacial score (nSPS) is 21.7. The number of hydrogen-bond donors (Lipinski definition) is 1. The maximum Gasteiger partial charge on any atom is 0.225 e. The molecular weight excluding hydrogens is 300 g/mol. The molecule has 0 heterocycles. The lowest BCUT2D eigenvalue weighted by Crippen LogP contribution is -2.43. The number of nitrogens with one attached hydrogen (secondary N) is 1. The molecule has 5 nitrogen and oxygen atoms in total. The van der Waals surface area contributed by atoms with Crippen molar-refractivity contribution in [2.24, 2.45) is 5.92 Å². The molecule has 0 unspecified atom stereocenters. The van der Waals surface area contributed by atoms with Gasteiger partial charge in [-0.1, -0.05) is 30.3 Å². The molecule has 0 saturated heterocycles. The Morgan fingerprint density at radius 1 is 1.27 bits per heavy atom. The highest BCUT2D eigenvalue weighted by Gasteiger charge is 2.50. The van der Waals surface area contributed by atoms with Gasteiger partial charge in [-0.25, -0.2) is 8.42 Å². The molecule has 1 aliphatic rings. The molecule has 1 amide bonds. The average molecular weight is 324 g/mol. The van der Waals surface area contributed by atoms with Gasteiger partial charge in [-0.05, 0) is 32.8 Å². The highest BCUT2D eigenvalue weighted by Crippen LogP contribution is 2.38. The second-order valence-corrected chi connectivity index (χ2v) is 8.88. The van der Waals surface area contributed by atoms with Gasteiger partial charge in [0.1, 0.15) is 0 Å². The van der Waals surface area contributed by atoms with Gasteiger partial charge >= 0.3 is 0 Å². The molecule has 1 saturated carbocycles. The predicted octanol–water partition coefficient (Wildman–Crippen LogP) is 1.75. The van der Waals surface area contributed by atoms with Crippen LogP contribution < -0.4 is 5.32 Å². The van der Waals surface area contributed by atoms with Crippen LogP contribution in [-0.4, -0.2) is 36.5 Å². The van der Waals surface area contributed by atoms with E-state index in [4.69, 9.17) is 0 Å². The van der Waals surface area contributed by atoms with Gasteiger partial charge in [-0.15, -0.1) is 0 Å². The summed E-state index contributed by atoms with van der Waals surface area (Å²) in [6.45, 7) is 6.06. The van der Waals surface area contributed by atoms with Crippen LogP contribution in [0.4, 0.5) is 0 Å². The van der Waals surface area contributed by atoms with Crippen molar-refractivity contribution in [2.45, 2.75) is 45.3 Å². The van der Waals surface area contributed by atoms with Crippen LogP contribution in [0.3, 0.4) is 0 Å². The first-order valence-corrected chi connectivity index (χ1v) is 9.25. The summed E-state index contributed by atoms with van der Waals surface area (Å²) >= 11 is 0. The van der Waals surface area contributed by atoms with E-state index in [9.17, 15) is 13.2 Å². The van der Waals surface area contributed by atoms with E-state index in [1.165, 1.54) is 10.6 Å². The zero-order chi connectivity index (χ0) is 16.5. The number of amides is 1. The van der Waals surface area contributed by atoms with Gasteiger partial charge in [-0.3, -0.25) is 4.79 Å². The predicted molar refractivity (Wildman–Crippen MR) is 86.6 cm³/mol. The van der Waals surface area contributed by atoms with Crippen molar-refractivity contribution >= 4 is 15.9 Å². The van der Waals surface area contributed by atoms with Crippen LogP contribution in [0.5, 0.6) is 0 Å². The van der Waals surface area contributed by atoms with E-state index in [-0.39, 0.29) is 23.4 Å². The Kier molecular flexibility index (Phi) is 4.63. The Bertz CT molecular complexity index is 635. The monoisotopic (exact) mass is 324 g/mol. The fourth-order valence-electron chi connectivity index (χ4n) is 2.49. The van der Waals surface area contributed by atoms with E-state index in [1.807, 2.05) is 51.1 Å². The van der Waals surface area contributed by atoms with Crippen LogP contribution in [0.15, 0.2) is 30.3 Å². The smallest absolute Gasteiger partial charge is 0.225 e. The molecule has 0 aliphatic heterocycles. The first-order chi connectivity index (χ1) is 10.1. The number of sulfonamides is 1. The Morgan fingerprint density at radius 2 is 1.86 bits per heavy atom. The Morgan fingerprint density at radius 3 is 2.36 bits per heavy atom. The zero-order valence-electron chi connectivity index (χ0n) is 13.5. The Hall–Kier alpha value is -1.40. The van der Waals surface area contributed by atoms with Crippen molar-refractivity contribution in [2.75, 3.05) is 6.26 Å². The van der Waals surface area contributed by atoms with Gasteiger partial charge in [0.05, 0.1) is 12.2 Å². The van der Waals surface area contributed by atoms with Crippen LogP contribution in [0.1, 0.15) is 32.8 Å². The Balaban J connectivity index is 2.08. The van der Waals surface area contributed by atoms with Crippen LogP contribution in [-0.2, 0) is 21.4 Å².